The van der Waals surface area contributed by atoms with Crippen molar-refractivity contribution in [1.29, 1.82) is 0 Å². The summed E-state index contributed by atoms with van der Waals surface area (Å²) in [6, 6.07) is 7.77. The second-order valence-corrected chi connectivity index (χ2v) is 8.20. The molecule has 0 atom stereocenters. The van der Waals surface area contributed by atoms with E-state index in [9.17, 15) is 0 Å². The minimum absolute atomic E-state index is 0.307. The van der Waals surface area contributed by atoms with Crippen LogP contribution in [0.15, 0.2) is 41.2 Å². The summed E-state index contributed by atoms with van der Waals surface area (Å²) in [5, 5.41) is 4.18. The molecule has 3 aromatic rings. The van der Waals surface area contributed by atoms with E-state index in [1.165, 1.54) is 5.56 Å². The van der Waals surface area contributed by atoms with E-state index in [-0.39, 0.29) is 5.60 Å². The van der Waals surface area contributed by atoms with Crippen molar-refractivity contribution in [3.63, 3.8) is 0 Å². The first-order valence-corrected chi connectivity index (χ1v) is 10.4. The molecule has 1 fully saturated rings. The molecule has 2 aliphatic heterocycles. The number of hydrogen-bond donors (Lipinski definition) is 0. The molecular formula is C22H26N6O2. The molecule has 0 bridgehead atoms. The van der Waals surface area contributed by atoms with Crippen LogP contribution in [0.4, 0.5) is 5.95 Å². The molecule has 8 nitrogen and oxygen atoms in total. The van der Waals surface area contributed by atoms with Crippen LogP contribution in [0.2, 0.25) is 0 Å². The van der Waals surface area contributed by atoms with Crippen molar-refractivity contribution in [3.05, 3.63) is 53.7 Å². The Balaban J connectivity index is 1.29. The highest BCUT2D eigenvalue weighted by Crippen LogP contribution is 2.41. The average Bonchev–Trinajstić information content (AvgIpc) is 3.25. The largest absolute Gasteiger partial charge is 0.368 e. The molecule has 2 aliphatic rings. The van der Waals surface area contributed by atoms with Crippen LogP contribution in [-0.4, -0.2) is 58.8 Å². The van der Waals surface area contributed by atoms with Gasteiger partial charge >= 0.3 is 0 Å². The van der Waals surface area contributed by atoms with Crippen LogP contribution in [0.25, 0.3) is 11.4 Å². The van der Waals surface area contributed by atoms with Gasteiger partial charge in [-0.1, -0.05) is 11.2 Å². The van der Waals surface area contributed by atoms with Gasteiger partial charge in [-0.25, -0.2) is 9.97 Å². The lowest BCUT2D eigenvalue weighted by atomic mass is 9.83. The minimum atomic E-state index is -0.307. The minimum Gasteiger partial charge on any atom is -0.368 e. The van der Waals surface area contributed by atoms with Crippen molar-refractivity contribution in [2.45, 2.75) is 31.4 Å². The Morgan fingerprint density at radius 3 is 2.77 bits per heavy atom. The second-order valence-electron chi connectivity index (χ2n) is 8.20. The van der Waals surface area contributed by atoms with Gasteiger partial charge in [0.25, 0.3) is 0 Å². The van der Waals surface area contributed by atoms with Gasteiger partial charge in [0.1, 0.15) is 11.3 Å². The molecule has 0 amide bonds. The Labute approximate surface area is 175 Å². The van der Waals surface area contributed by atoms with Gasteiger partial charge in [-0.05, 0) is 37.0 Å². The Bertz CT molecular complexity index is 1010. The Kier molecular flexibility index (Phi) is 4.96. The molecule has 0 unspecified atom stereocenters. The van der Waals surface area contributed by atoms with Crippen molar-refractivity contribution >= 4 is 5.95 Å². The molecule has 5 heterocycles. The first-order chi connectivity index (χ1) is 14.6. The van der Waals surface area contributed by atoms with Crippen LogP contribution < -0.4 is 4.90 Å². The average molecular weight is 406 g/mol. The van der Waals surface area contributed by atoms with Gasteiger partial charge in [0.05, 0.1) is 24.5 Å². The van der Waals surface area contributed by atoms with E-state index in [1.54, 1.807) is 6.20 Å². The lowest BCUT2D eigenvalue weighted by Gasteiger charge is -2.44. The predicted octanol–water partition coefficient (Wildman–Crippen LogP) is 2.66. The summed E-state index contributed by atoms with van der Waals surface area (Å²) >= 11 is 0. The Morgan fingerprint density at radius 2 is 2.00 bits per heavy atom. The van der Waals surface area contributed by atoms with Crippen molar-refractivity contribution in [1.82, 2.24) is 25.0 Å². The van der Waals surface area contributed by atoms with Crippen molar-refractivity contribution < 1.29 is 9.26 Å². The maximum atomic E-state index is 6.35. The van der Waals surface area contributed by atoms with Gasteiger partial charge in [0.15, 0.2) is 5.76 Å². The third-order valence-corrected chi connectivity index (χ3v) is 5.96. The normalized spacial score (nSPS) is 18.3. The van der Waals surface area contributed by atoms with E-state index < -0.39 is 0 Å². The van der Waals surface area contributed by atoms with Crippen molar-refractivity contribution in [2.75, 3.05) is 38.7 Å². The van der Waals surface area contributed by atoms with Crippen LogP contribution in [0.1, 0.15) is 29.9 Å². The zero-order valence-electron chi connectivity index (χ0n) is 17.4. The van der Waals surface area contributed by atoms with Crippen LogP contribution >= 0.6 is 0 Å². The predicted molar refractivity (Wildman–Crippen MR) is 112 cm³/mol. The molecule has 0 N–H and O–H groups in total. The zero-order chi connectivity index (χ0) is 20.6. The number of rotatable bonds is 4. The van der Waals surface area contributed by atoms with E-state index in [4.69, 9.17) is 14.2 Å². The summed E-state index contributed by atoms with van der Waals surface area (Å²) in [7, 11) is 3.94. The lowest BCUT2D eigenvalue weighted by molar-refractivity contribution is -0.103. The zero-order valence-corrected chi connectivity index (χ0v) is 17.4. The number of ether oxygens (including phenoxy) is 1. The fraction of sp³-hybridized carbons (Fsp3) is 0.455. The van der Waals surface area contributed by atoms with Crippen molar-refractivity contribution in [2.24, 2.45) is 0 Å². The molecule has 0 aliphatic carbocycles. The van der Waals surface area contributed by atoms with E-state index >= 15 is 0 Å². The van der Waals surface area contributed by atoms with E-state index in [0.29, 0.717) is 0 Å². The van der Waals surface area contributed by atoms with Crippen LogP contribution in [0.5, 0.6) is 0 Å². The fourth-order valence-electron chi connectivity index (χ4n) is 4.31. The number of nitrogens with zero attached hydrogens (tertiary/aromatic N) is 6. The highest BCUT2D eigenvalue weighted by atomic mass is 16.5. The number of piperidine rings is 1. The number of hydrogen-bond acceptors (Lipinski definition) is 8. The summed E-state index contributed by atoms with van der Waals surface area (Å²) in [4.78, 5) is 18.0. The Morgan fingerprint density at radius 1 is 1.13 bits per heavy atom. The molecule has 5 rings (SSSR count). The molecule has 3 aromatic heterocycles. The number of pyridine rings is 1. The number of likely N-dealkylation sites (tertiary alicyclic amines) is 1. The monoisotopic (exact) mass is 406 g/mol. The SMILES string of the molecule is CN(C)c1ncc2c(n1)C1(CCN(Cc3cc(-c4ccccn4)no3)CC1)OCC2. The van der Waals surface area contributed by atoms with Gasteiger partial charge in [-0.15, -0.1) is 0 Å². The lowest BCUT2D eigenvalue weighted by Crippen LogP contribution is -2.47. The summed E-state index contributed by atoms with van der Waals surface area (Å²) in [6.45, 7) is 3.30. The van der Waals surface area contributed by atoms with Crippen LogP contribution in [0, 0.1) is 0 Å². The highest BCUT2D eigenvalue weighted by Gasteiger charge is 2.42. The number of anilines is 1. The van der Waals surface area contributed by atoms with Gasteiger partial charge < -0.3 is 14.2 Å². The molecule has 156 valence electrons. The third kappa shape index (κ3) is 3.57. The standard InChI is InChI=1S/C22H26N6O2/c1-27(2)21-24-14-16-6-12-29-22(20(16)25-21)7-10-28(11-8-22)15-17-13-19(26-30-17)18-5-3-4-9-23-18/h3-5,9,13-14H,6-8,10-12,15H2,1-2H3. The molecule has 8 heteroatoms. The van der Waals surface area contributed by atoms with E-state index in [1.807, 2.05) is 49.5 Å². The summed E-state index contributed by atoms with van der Waals surface area (Å²) < 4.78 is 11.9. The van der Waals surface area contributed by atoms with Gasteiger partial charge in [-0.2, -0.15) is 0 Å². The molecule has 0 radical (unpaired) electrons. The highest BCUT2D eigenvalue weighted by molar-refractivity contribution is 5.53. The molecular weight excluding hydrogens is 380 g/mol. The maximum absolute atomic E-state index is 6.35. The van der Waals surface area contributed by atoms with Gasteiger partial charge in [-0.3, -0.25) is 9.88 Å². The molecule has 0 aromatic carbocycles. The number of fused-ring (bicyclic) bond motifs is 2. The van der Waals surface area contributed by atoms with Crippen LogP contribution in [0.3, 0.4) is 0 Å². The van der Waals surface area contributed by atoms with E-state index in [0.717, 1.165) is 74.3 Å². The molecule has 1 saturated heterocycles. The third-order valence-electron chi connectivity index (χ3n) is 5.96. The van der Waals surface area contributed by atoms with Gasteiger partial charge in [0, 0.05) is 45.6 Å². The summed E-state index contributed by atoms with van der Waals surface area (Å²) in [5.41, 5.74) is 3.59. The first-order valence-electron chi connectivity index (χ1n) is 10.4. The smallest absolute Gasteiger partial charge is 0.225 e. The summed E-state index contributed by atoms with van der Waals surface area (Å²) in [6.07, 6.45) is 6.43. The number of aromatic nitrogens is 4. The molecule has 0 saturated carbocycles. The van der Waals surface area contributed by atoms with Gasteiger partial charge in [0.2, 0.25) is 5.95 Å². The summed E-state index contributed by atoms with van der Waals surface area (Å²) in [5.74, 6) is 1.60. The van der Waals surface area contributed by atoms with Crippen molar-refractivity contribution in [3.8, 4) is 11.4 Å². The maximum Gasteiger partial charge on any atom is 0.225 e. The topological polar surface area (TPSA) is 80.4 Å². The Hall–Kier alpha value is -2.84. The quantitative estimate of drug-likeness (QED) is 0.654. The van der Waals surface area contributed by atoms with Crippen LogP contribution in [-0.2, 0) is 23.3 Å². The molecule has 30 heavy (non-hydrogen) atoms. The fourth-order valence-corrected chi connectivity index (χ4v) is 4.31. The molecule has 1 spiro atoms. The second kappa shape index (κ2) is 7.77. The first kappa shape index (κ1) is 19.1. The van der Waals surface area contributed by atoms with E-state index in [2.05, 4.69) is 20.0 Å².